The monoisotopic (exact) mass is 230 g/mol. The van der Waals surface area contributed by atoms with Crippen LogP contribution in [0.4, 0.5) is 5.88 Å². The first kappa shape index (κ1) is 10.2. The Hall–Kier alpha value is -1.97. The first-order valence-corrected chi connectivity index (χ1v) is 5.81. The molecule has 1 aliphatic carbocycles. The zero-order chi connectivity index (χ0) is 11.8. The number of rotatable bonds is 1. The zero-order valence-corrected chi connectivity index (χ0v) is 9.44. The first-order valence-electron chi connectivity index (χ1n) is 5.81. The molecule has 1 aromatic carbocycles. The number of fused-ring (bicyclic) bond motifs is 1. The van der Waals surface area contributed by atoms with E-state index in [9.17, 15) is 5.11 Å². The van der Waals surface area contributed by atoms with Gasteiger partial charge in [0.1, 0.15) is 5.75 Å². The van der Waals surface area contributed by atoms with Crippen molar-refractivity contribution in [3.63, 3.8) is 0 Å². The number of nitrogens with two attached hydrogens (primary N) is 1. The largest absolute Gasteiger partial charge is 0.508 e. The maximum Gasteiger partial charge on any atom is 0.229 e. The molecule has 1 heterocycles. The highest BCUT2D eigenvalue weighted by molar-refractivity contribution is 5.76. The number of nitrogens with zero attached hydrogens (tertiary/aromatic N) is 1. The predicted molar refractivity (Wildman–Crippen MR) is 64.7 cm³/mol. The summed E-state index contributed by atoms with van der Waals surface area (Å²) >= 11 is 0. The van der Waals surface area contributed by atoms with Gasteiger partial charge >= 0.3 is 0 Å². The molecule has 0 spiro atoms. The summed E-state index contributed by atoms with van der Waals surface area (Å²) in [5.41, 5.74) is 9.85. The quantitative estimate of drug-likeness (QED) is 0.789. The van der Waals surface area contributed by atoms with E-state index >= 15 is 0 Å². The Labute approximate surface area is 99.0 Å². The lowest BCUT2D eigenvalue weighted by Gasteiger charge is -2.20. The standard InChI is InChI=1S/C13H14N2O2/c14-13-11(7-15-17-13)9-5-6-12(16)10-4-2-1-3-8(9)10/h5-7,16H,1-4,14H2. The summed E-state index contributed by atoms with van der Waals surface area (Å²) in [5.74, 6) is 0.724. The van der Waals surface area contributed by atoms with Crippen LogP contribution in [0.5, 0.6) is 5.75 Å². The van der Waals surface area contributed by atoms with Crippen LogP contribution in [0.3, 0.4) is 0 Å². The Morgan fingerprint density at radius 2 is 1.88 bits per heavy atom. The van der Waals surface area contributed by atoms with E-state index in [2.05, 4.69) is 5.16 Å². The summed E-state index contributed by atoms with van der Waals surface area (Å²) < 4.78 is 4.91. The normalized spacial score (nSPS) is 14.6. The minimum Gasteiger partial charge on any atom is -0.508 e. The van der Waals surface area contributed by atoms with Gasteiger partial charge < -0.3 is 15.4 Å². The number of aromatic nitrogens is 1. The van der Waals surface area contributed by atoms with Gasteiger partial charge in [-0.15, -0.1) is 0 Å². The summed E-state index contributed by atoms with van der Waals surface area (Å²) in [7, 11) is 0. The summed E-state index contributed by atoms with van der Waals surface area (Å²) in [6.45, 7) is 0. The second-order valence-corrected chi connectivity index (χ2v) is 4.40. The van der Waals surface area contributed by atoms with Crippen LogP contribution in [0.25, 0.3) is 11.1 Å². The van der Waals surface area contributed by atoms with Crippen LogP contribution in [-0.4, -0.2) is 10.3 Å². The molecule has 17 heavy (non-hydrogen) atoms. The van der Waals surface area contributed by atoms with Gasteiger partial charge in [0.25, 0.3) is 0 Å². The Balaban J connectivity index is 2.21. The average Bonchev–Trinajstić information content (AvgIpc) is 2.77. The lowest BCUT2D eigenvalue weighted by atomic mass is 9.86. The molecule has 0 unspecified atom stereocenters. The molecule has 0 amide bonds. The number of anilines is 1. The number of hydrogen-bond acceptors (Lipinski definition) is 4. The summed E-state index contributed by atoms with van der Waals surface area (Å²) in [6.07, 6.45) is 5.82. The van der Waals surface area contributed by atoms with Gasteiger partial charge in [-0.2, -0.15) is 0 Å². The Morgan fingerprint density at radius 3 is 2.59 bits per heavy atom. The number of aromatic hydroxyl groups is 1. The van der Waals surface area contributed by atoms with E-state index in [1.165, 1.54) is 5.56 Å². The van der Waals surface area contributed by atoms with Crippen LogP contribution in [0.1, 0.15) is 24.0 Å². The predicted octanol–water partition coefficient (Wildman–Crippen LogP) is 2.51. The number of phenols is 1. The van der Waals surface area contributed by atoms with Crippen molar-refractivity contribution in [3.8, 4) is 16.9 Å². The van der Waals surface area contributed by atoms with E-state index in [1.807, 2.05) is 6.07 Å². The first-order chi connectivity index (χ1) is 8.27. The number of nitrogen functional groups attached to an aromatic ring is 1. The van der Waals surface area contributed by atoms with Gasteiger partial charge in [-0.25, -0.2) is 0 Å². The summed E-state index contributed by atoms with van der Waals surface area (Å²) in [6, 6.07) is 3.62. The van der Waals surface area contributed by atoms with Crippen molar-refractivity contribution in [2.24, 2.45) is 0 Å². The van der Waals surface area contributed by atoms with Crippen LogP contribution >= 0.6 is 0 Å². The molecule has 0 aliphatic heterocycles. The highest BCUT2D eigenvalue weighted by atomic mass is 16.5. The fourth-order valence-electron chi connectivity index (χ4n) is 2.55. The second-order valence-electron chi connectivity index (χ2n) is 4.40. The molecule has 0 bridgehead atoms. The molecule has 3 rings (SSSR count). The van der Waals surface area contributed by atoms with Crippen LogP contribution < -0.4 is 5.73 Å². The second kappa shape index (κ2) is 3.80. The average molecular weight is 230 g/mol. The fourth-order valence-corrected chi connectivity index (χ4v) is 2.55. The molecule has 1 aromatic heterocycles. The third-order valence-corrected chi connectivity index (χ3v) is 3.40. The van der Waals surface area contributed by atoms with Gasteiger partial charge in [-0.05, 0) is 48.4 Å². The Kier molecular flexibility index (Phi) is 2.28. The highest BCUT2D eigenvalue weighted by Crippen LogP contribution is 2.38. The van der Waals surface area contributed by atoms with Gasteiger partial charge in [-0.1, -0.05) is 11.2 Å². The lowest BCUT2D eigenvalue weighted by Crippen LogP contribution is -2.05. The van der Waals surface area contributed by atoms with Gasteiger partial charge in [0.2, 0.25) is 5.88 Å². The summed E-state index contributed by atoms with van der Waals surface area (Å²) in [4.78, 5) is 0. The van der Waals surface area contributed by atoms with Crippen molar-refractivity contribution in [1.82, 2.24) is 5.16 Å². The molecule has 88 valence electrons. The maximum atomic E-state index is 9.88. The van der Waals surface area contributed by atoms with E-state index in [1.54, 1.807) is 12.3 Å². The molecule has 0 saturated heterocycles. The molecule has 4 nitrogen and oxygen atoms in total. The van der Waals surface area contributed by atoms with Crippen LogP contribution in [0, 0.1) is 0 Å². The molecule has 0 saturated carbocycles. The fraction of sp³-hybridized carbons (Fsp3) is 0.308. The van der Waals surface area contributed by atoms with E-state index in [-0.39, 0.29) is 0 Å². The third-order valence-electron chi connectivity index (χ3n) is 3.40. The SMILES string of the molecule is Nc1oncc1-c1ccc(O)c2c1CCCC2. The lowest BCUT2D eigenvalue weighted by molar-refractivity contribution is 0.436. The van der Waals surface area contributed by atoms with Crippen molar-refractivity contribution in [2.45, 2.75) is 25.7 Å². The molecular weight excluding hydrogens is 216 g/mol. The van der Waals surface area contributed by atoms with Gasteiger partial charge in [0.05, 0.1) is 11.8 Å². The maximum absolute atomic E-state index is 9.88. The number of benzene rings is 1. The van der Waals surface area contributed by atoms with Crippen molar-refractivity contribution in [3.05, 3.63) is 29.5 Å². The molecule has 0 fully saturated rings. The van der Waals surface area contributed by atoms with Gasteiger partial charge in [0.15, 0.2) is 0 Å². The third kappa shape index (κ3) is 1.56. The topological polar surface area (TPSA) is 72.3 Å². The Bertz CT molecular complexity index is 561. The highest BCUT2D eigenvalue weighted by Gasteiger charge is 2.19. The van der Waals surface area contributed by atoms with Crippen molar-refractivity contribution < 1.29 is 9.63 Å². The minimum absolute atomic E-state index is 0.337. The van der Waals surface area contributed by atoms with Crippen molar-refractivity contribution >= 4 is 5.88 Å². The van der Waals surface area contributed by atoms with Gasteiger partial charge in [0, 0.05) is 0 Å². The van der Waals surface area contributed by atoms with E-state index in [0.29, 0.717) is 11.6 Å². The van der Waals surface area contributed by atoms with E-state index in [4.69, 9.17) is 10.3 Å². The number of hydrogen-bond donors (Lipinski definition) is 2. The molecule has 1 aliphatic rings. The van der Waals surface area contributed by atoms with Gasteiger partial charge in [-0.3, -0.25) is 0 Å². The van der Waals surface area contributed by atoms with Crippen LogP contribution in [0.2, 0.25) is 0 Å². The van der Waals surface area contributed by atoms with Crippen molar-refractivity contribution in [1.29, 1.82) is 0 Å². The van der Waals surface area contributed by atoms with Crippen LogP contribution in [-0.2, 0) is 12.8 Å². The number of phenolic OH excluding ortho intramolecular Hbond substituents is 1. The van der Waals surface area contributed by atoms with E-state index in [0.717, 1.165) is 42.4 Å². The van der Waals surface area contributed by atoms with Crippen molar-refractivity contribution in [2.75, 3.05) is 5.73 Å². The molecule has 2 aromatic rings. The molecular formula is C13H14N2O2. The van der Waals surface area contributed by atoms with Crippen LogP contribution in [0.15, 0.2) is 22.9 Å². The molecule has 0 atom stereocenters. The zero-order valence-electron chi connectivity index (χ0n) is 9.44. The molecule has 0 radical (unpaired) electrons. The molecule has 4 heteroatoms. The summed E-state index contributed by atoms with van der Waals surface area (Å²) in [5, 5.41) is 13.6. The smallest absolute Gasteiger partial charge is 0.229 e. The van der Waals surface area contributed by atoms with E-state index < -0.39 is 0 Å². The Morgan fingerprint density at radius 1 is 1.12 bits per heavy atom. The minimum atomic E-state index is 0.337. The molecule has 3 N–H and O–H groups in total.